The minimum atomic E-state index is -3.80. The van der Waals surface area contributed by atoms with Crippen molar-refractivity contribution in [2.45, 2.75) is 57.0 Å². The normalized spacial score (nSPS) is 17.0. The number of furan rings is 1. The number of hydrogen-bond acceptors (Lipinski definition) is 5. The first-order chi connectivity index (χ1) is 14.8. The largest absolute Gasteiger partial charge is 0.468 e. The van der Waals surface area contributed by atoms with Crippen LogP contribution < -0.4 is 10.0 Å². The lowest BCUT2D eigenvalue weighted by Gasteiger charge is -2.27. The molecule has 1 aliphatic rings. The number of rotatable bonds is 10. The number of nitrogens with zero attached hydrogens (tertiary/aromatic N) is 1. The Morgan fingerprint density at radius 1 is 1.13 bits per heavy atom. The maximum Gasteiger partial charge on any atom is 0.241 e. The fourth-order valence-electron chi connectivity index (χ4n) is 3.92. The van der Waals surface area contributed by atoms with E-state index in [4.69, 9.17) is 4.42 Å². The van der Waals surface area contributed by atoms with Crippen molar-refractivity contribution in [2.75, 3.05) is 19.6 Å². The van der Waals surface area contributed by atoms with E-state index in [2.05, 4.69) is 14.9 Å². The van der Waals surface area contributed by atoms with Crippen LogP contribution in [0.15, 0.2) is 52.0 Å². The molecule has 7 nitrogen and oxygen atoms in total. The third-order valence-corrected chi connectivity index (χ3v) is 7.06. The minimum absolute atomic E-state index is 0.0603. The number of benzene rings is 1. The Morgan fingerprint density at radius 3 is 2.39 bits per heavy atom. The van der Waals surface area contributed by atoms with Gasteiger partial charge in [-0.25, -0.2) is 8.42 Å². The van der Waals surface area contributed by atoms with Crippen LogP contribution >= 0.6 is 0 Å². The summed E-state index contributed by atoms with van der Waals surface area (Å²) in [6.45, 7) is 8.11. The van der Waals surface area contributed by atoms with Gasteiger partial charge >= 0.3 is 0 Å². The lowest BCUT2D eigenvalue weighted by molar-refractivity contribution is -0.123. The zero-order valence-electron chi connectivity index (χ0n) is 18.5. The summed E-state index contributed by atoms with van der Waals surface area (Å²) in [5, 5.41) is 2.97. The van der Waals surface area contributed by atoms with E-state index in [9.17, 15) is 13.2 Å². The second kappa shape index (κ2) is 10.4. The number of sulfonamides is 1. The third kappa shape index (κ3) is 6.41. The van der Waals surface area contributed by atoms with Gasteiger partial charge in [-0.3, -0.25) is 9.69 Å². The highest BCUT2D eigenvalue weighted by atomic mass is 32.2. The van der Waals surface area contributed by atoms with Gasteiger partial charge in [0.2, 0.25) is 15.9 Å². The SMILES string of the molecule is Cc1ccc(S(=O)(=O)NC(CC(C)C)C(=O)NCC(c2ccco2)N2CCCC2)cc1. The van der Waals surface area contributed by atoms with Gasteiger partial charge in [-0.2, -0.15) is 4.72 Å². The number of hydrogen-bond donors (Lipinski definition) is 2. The van der Waals surface area contributed by atoms with Crippen molar-refractivity contribution in [3.05, 3.63) is 54.0 Å². The van der Waals surface area contributed by atoms with Crippen molar-refractivity contribution in [2.24, 2.45) is 5.92 Å². The number of carbonyl (C=O) groups is 1. The number of likely N-dealkylation sites (tertiary alicyclic amines) is 1. The van der Waals surface area contributed by atoms with Crippen LogP contribution in [-0.4, -0.2) is 44.9 Å². The summed E-state index contributed by atoms with van der Waals surface area (Å²) < 4.78 is 33.9. The van der Waals surface area contributed by atoms with E-state index >= 15 is 0 Å². The van der Waals surface area contributed by atoms with E-state index in [1.165, 1.54) is 0 Å². The van der Waals surface area contributed by atoms with Crippen LogP contribution in [-0.2, 0) is 14.8 Å². The van der Waals surface area contributed by atoms with Crippen LogP contribution in [0.2, 0.25) is 0 Å². The Hall–Kier alpha value is -2.16. The Bertz CT molecular complexity index is 934. The minimum Gasteiger partial charge on any atom is -0.468 e. The molecule has 1 fully saturated rings. The quantitative estimate of drug-likeness (QED) is 0.583. The van der Waals surface area contributed by atoms with E-state index in [1.54, 1.807) is 30.5 Å². The molecule has 3 rings (SSSR count). The summed E-state index contributed by atoms with van der Waals surface area (Å²) in [5.41, 5.74) is 0.973. The zero-order chi connectivity index (χ0) is 22.4. The van der Waals surface area contributed by atoms with Gasteiger partial charge in [-0.15, -0.1) is 0 Å². The molecule has 31 heavy (non-hydrogen) atoms. The van der Waals surface area contributed by atoms with E-state index in [-0.39, 0.29) is 22.8 Å². The average Bonchev–Trinajstić information content (AvgIpc) is 3.42. The molecule has 0 saturated carbocycles. The number of aryl methyl sites for hydroxylation is 1. The highest BCUT2D eigenvalue weighted by Crippen LogP contribution is 2.25. The van der Waals surface area contributed by atoms with Gasteiger partial charge in [0.05, 0.1) is 17.2 Å². The fraction of sp³-hybridized carbons (Fsp3) is 0.522. The Morgan fingerprint density at radius 2 is 1.81 bits per heavy atom. The number of amides is 1. The average molecular weight is 448 g/mol. The van der Waals surface area contributed by atoms with E-state index in [1.807, 2.05) is 32.9 Å². The van der Waals surface area contributed by atoms with Gasteiger partial charge < -0.3 is 9.73 Å². The van der Waals surface area contributed by atoms with Crippen LogP contribution in [0.1, 0.15) is 50.5 Å². The summed E-state index contributed by atoms with van der Waals surface area (Å²) in [7, 11) is -3.80. The molecule has 2 unspecified atom stereocenters. The summed E-state index contributed by atoms with van der Waals surface area (Å²) in [4.78, 5) is 15.5. The molecule has 170 valence electrons. The molecule has 2 atom stereocenters. The van der Waals surface area contributed by atoms with Gasteiger partial charge in [0.1, 0.15) is 11.8 Å². The molecule has 1 aliphatic heterocycles. The van der Waals surface area contributed by atoms with Crippen molar-refractivity contribution in [1.82, 2.24) is 14.9 Å². The highest BCUT2D eigenvalue weighted by molar-refractivity contribution is 7.89. The van der Waals surface area contributed by atoms with Crippen molar-refractivity contribution in [3.63, 3.8) is 0 Å². The molecule has 8 heteroatoms. The second-order valence-corrected chi connectivity index (χ2v) is 10.3. The monoisotopic (exact) mass is 447 g/mol. The molecule has 1 amide bonds. The van der Waals surface area contributed by atoms with Crippen molar-refractivity contribution in [3.8, 4) is 0 Å². The predicted octanol–water partition coefficient (Wildman–Crippen LogP) is 3.23. The Labute approximate surface area is 185 Å². The summed E-state index contributed by atoms with van der Waals surface area (Å²) in [5.74, 6) is 0.638. The number of nitrogens with one attached hydrogen (secondary N) is 2. The molecule has 2 aromatic rings. The highest BCUT2D eigenvalue weighted by Gasteiger charge is 2.30. The molecule has 1 aromatic carbocycles. The lowest BCUT2D eigenvalue weighted by atomic mass is 10.0. The van der Waals surface area contributed by atoms with Gasteiger partial charge in [0.25, 0.3) is 0 Å². The van der Waals surface area contributed by atoms with E-state index < -0.39 is 16.1 Å². The Kier molecular flexibility index (Phi) is 7.91. The molecule has 2 N–H and O–H groups in total. The fourth-order valence-corrected chi connectivity index (χ4v) is 5.13. The topological polar surface area (TPSA) is 91.6 Å². The number of carbonyl (C=O) groups excluding carboxylic acids is 1. The van der Waals surface area contributed by atoms with Crippen LogP contribution in [0, 0.1) is 12.8 Å². The first-order valence-electron chi connectivity index (χ1n) is 10.9. The van der Waals surface area contributed by atoms with Gasteiger partial charge in [-0.1, -0.05) is 31.5 Å². The van der Waals surface area contributed by atoms with Crippen LogP contribution in [0.5, 0.6) is 0 Å². The first-order valence-corrected chi connectivity index (χ1v) is 12.4. The van der Waals surface area contributed by atoms with Crippen LogP contribution in [0.4, 0.5) is 0 Å². The maximum absolute atomic E-state index is 13.0. The predicted molar refractivity (Wildman–Crippen MR) is 120 cm³/mol. The van der Waals surface area contributed by atoms with Gasteiger partial charge in [-0.05, 0) is 69.5 Å². The molecular weight excluding hydrogens is 414 g/mol. The molecule has 0 aliphatic carbocycles. The Balaban J connectivity index is 1.70. The van der Waals surface area contributed by atoms with Crippen LogP contribution in [0.25, 0.3) is 0 Å². The first kappa shape index (κ1) is 23.5. The van der Waals surface area contributed by atoms with E-state index in [0.717, 1.165) is 37.3 Å². The van der Waals surface area contributed by atoms with Gasteiger partial charge in [0, 0.05) is 6.54 Å². The smallest absolute Gasteiger partial charge is 0.241 e. The molecule has 0 radical (unpaired) electrons. The maximum atomic E-state index is 13.0. The van der Waals surface area contributed by atoms with Gasteiger partial charge in [0.15, 0.2) is 0 Å². The molecule has 1 aromatic heterocycles. The molecular formula is C23H33N3O4S. The lowest BCUT2D eigenvalue weighted by Crippen LogP contribution is -2.49. The molecule has 2 heterocycles. The van der Waals surface area contributed by atoms with Crippen LogP contribution in [0.3, 0.4) is 0 Å². The molecule has 1 saturated heterocycles. The third-order valence-electron chi connectivity index (χ3n) is 5.57. The molecule has 0 spiro atoms. The summed E-state index contributed by atoms with van der Waals surface area (Å²) in [6.07, 6.45) is 4.29. The standard InChI is InChI=1S/C23H33N3O4S/c1-17(2)15-20(25-31(28,29)19-10-8-18(3)9-11-19)23(27)24-16-21(22-7-6-14-30-22)26-12-4-5-13-26/h6-11,14,17,20-21,25H,4-5,12-13,15-16H2,1-3H3,(H,24,27). The second-order valence-electron chi connectivity index (χ2n) is 8.64. The molecule has 0 bridgehead atoms. The summed E-state index contributed by atoms with van der Waals surface area (Å²) >= 11 is 0. The van der Waals surface area contributed by atoms with Crippen molar-refractivity contribution < 1.29 is 17.6 Å². The van der Waals surface area contributed by atoms with Crippen molar-refractivity contribution in [1.29, 1.82) is 0 Å². The van der Waals surface area contributed by atoms with Crippen molar-refractivity contribution >= 4 is 15.9 Å². The van der Waals surface area contributed by atoms with E-state index in [0.29, 0.717) is 13.0 Å². The summed E-state index contributed by atoms with van der Waals surface area (Å²) in [6, 6.07) is 9.46. The zero-order valence-corrected chi connectivity index (χ0v) is 19.3.